The van der Waals surface area contributed by atoms with Gasteiger partial charge in [0.1, 0.15) is 13.2 Å². The van der Waals surface area contributed by atoms with E-state index in [4.69, 9.17) is 31.2 Å². The molecule has 0 aliphatic rings. The zero-order chi connectivity index (χ0) is 51.9. The van der Waals surface area contributed by atoms with Crippen molar-refractivity contribution in [1.82, 2.24) is 5.32 Å². The Morgan fingerprint density at radius 1 is 0.567 bits per heavy atom. The van der Waals surface area contributed by atoms with E-state index in [1.807, 2.05) is 28.7 Å². The molecule has 0 heterocycles. The van der Waals surface area contributed by atoms with Crippen LogP contribution in [0.25, 0.3) is 0 Å². The second-order valence-corrected chi connectivity index (χ2v) is 17.1. The summed E-state index contributed by atoms with van der Waals surface area (Å²) in [7, 11) is 3.13. The lowest BCUT2D eigenvalue weighted by molar-refractivity contribution is 0.0696. The Hall–Kier alpha value is -4.81. The van der Waals surface area contributed by atoms with Gasteiger partial charge in [-0.1, -0.05) is 104 Å². The van der Waals surface area contributed by atoms with Gasteiger partial charge in [0.25, 0.3) is 5.91 Å². The van der Waals surface area contributed by atoms with Crippen LogP contribution in [-0.4, -0.2) is 62.4 Å². The molecule has 0 aliphatic heterocycles. The molecule has 9 nitrogen and oxygen atoms in total. The maximum atomic E-state index is 12.6. The van der Waals surface area contributed by atoms with Crippen LogP contribution in [0, 0.1) is 0 Å². The Morgan fingerprint density at radius 3 is 1.25 bits per heavy atom. The summed E-state index contributed by atoms with van der Waals surface area (Å²) in [5, 5.41) is 12.0. The van der Waals surface area contributed by atoms with E-state index in [9.17, 15) is 9.59 Å². The fourth-order valence-electron chi connectivity index (χ4n) is 5.78. The van der Waals surface area contributed by atoms with Crippen molar-refractivity contribution in [3.63, 3.8) is 0 Å². The minimum atomic E-state index is -0.985. The molecule has 0 atom stereocenters. The van der Waals surface area contributed by atoms with E-state index in [0.717, 1.165) is 51.4 Å². The summed E-state index contributed by atoms with van der Waals surface area (Å²) < 4.78 is 28.3. The lowest BCUT2D eigenvalue weighted by Gasteiger charge is -2.12. The minimum Gasteiger partial charge on any atom is -0.493 e. The van der Waals surface area contributed by atoms with Crippen molar-refractivity contribution in [2.75, 3.05) is 45.4 Å². The number of methoxy groups -OCH3 is 2. The van der Waals surface area contributed by atoms with Crippen LogP contribution in [-0.2, 0) is 0 Å². The van der Waals surface area contributed by atoms with Gasteiger partial charge in [-0.25, -0.2) is 4.79 Å². The Balaban J connectivity index is 0. The van der Waals surface area contributed by atoms with Crippen LogP contribution in [0.5, 0.6) is 23.0 Å². The number of allylic oxidation sites excluding steroid dienone is 12. The molecule has 4 N–H and O–H groups in total. The lowest BCUT2D eigenvalue weighted by Crippen LogP contribution is -2.23. The highest BCUT2D eigenvalue weighted by Gasteiger charge is 2.12. The number of carboxylic acid groups (broad SMARTS) is 1. The molecule has 0 radical (unpaired) electrons. The van der Waals surface area contributed by atoms with Crippen molar-refractivity contribution in [1.29, 1.82) is 0 Å². The van der Waals surface area contributed by atoms with Gasteiger partial charge in [0.2, 0.25) is 0 Å². The van der Waals surface area contributed by atoms with Crippen molar-refractivity contribution in [3.8, 4) is 23.0 Å². The average Bonchev–Trinajstić information content (AvgIpc) is 3.26. The number of nitrogens with one attached hydrogen (secondary N) is 1. The smallest absolute Gasteiger partial charge is 0.335 e. The summed E-state index contributed by atoms with van der Waals surface area (Å²) in [6.07, 6.45) is 25.5. The highest BCUT2D eigenvalue weighted by molar-refractivity contribution is 14.1. The molecule has 0 fully saturated rings. The molecule has 0 saturated heterocycles. The van der Waals surface area contributed by atoms with E-state index in [0.29, 0.717) is 59.8 Å². The molecule has 1 amide bonds. The number of carboxylic acids is 1. The number of alkyl halides is 1. The zero-order valence-electron chi connectivity index (χ0n) is 44.6. The molecule has 374 valence electrons. The van der Waals surface area contributed by atoms with E-state index < -0.39 is 5.97 Å². The van der Waals surface area contributed by atoms with Gasteiger partial charge in [0.15, 0.2) is 23.0 Å². The summed E-state index contributed by atoms with van der Waals surface area (Å²) in [6.45, 7) is 27.3. The molecule has 0 unspecified atom stereocenters. The van der Waals surface area contributed by atoms with Crippen LogP contribution in [0.3, 0.4) is 0 Å². The number of ether oxygens (including phenoxy) is 4. The number of hydrogen-bond acceptors (Lipinski definition) is 7. The normalized spacial score (nSPS) is 11.3. The summed E-state index contributed by atoms with van der Waals surface area (Å²) in [6, 6.07) is 9.85. The third kappa shape index (κ3) is 35.1. The van der Waals surface area contributed by atoms with E-state index in [-0.39, 0.29) is 11.5 Å². The quantitative estimate of drug-likeness (QED) is 0.0509. The molecule has 0 aliphatic carbocycles. The Labute approximate surface area is 422 Å². The summed E-state index contributed by atoms with van der Waals surface area (Å²) in [4.78, 5) is 24.0. The van der Waals surface area contributed by atoms with Gasteiger partial charge in [0.05, 0.1) is 19.8 Å². The second kappa shape index (κ2) is 40.3. The topological polar surface area (TPSA) is 129 Å². The van der Waals surface area contributed by atoms with Crippen LogP contribution >= 0.6 is 22.6 Å². The molecular weight excluding hydrogens is 952 g/mol. The van der Waals surface area contributed by atoms with E-state index in [2.05, 4.69) is 131 Å². The fraction of sp³-hybridized carbons (Fsp3) is 0.474. The molecule has 2 aromatic carbocycles. The highest BCUT2D eigenvalue weighted by atomic mass is 127. The first kappa shape index (κ1) is 62.2. The number of carbonyl (C=O) groups is 2. The van der Waals surface area contributed by atoms with Crippen LogP contribution in [0.2, 0.25) is 0 Å². The maximum absolute atomic E-state index is 12.6. The lowest BCUT2D eigenvalue weighted by atomic mass is 10.1. The zero-order valence-corrected chi connectivity index (χ0v) is 45.8. The minimum absolute atomic E-state index is 0.126. The first-order valence-electron chi connectivity index (χ1n) is 23.8. The molecule has 67 heavy (non-hydrogen) atoms. The summed E-state index contributed by atoms with van der Waals surface area (Å²) >= 11 is 1.96. The Bertz CT molecular complexity index is 2010. The molecule has 0 spiro atoms. The number of amides is 1. The summed E-state index contributed by atoms with van der Waals surface area (Å²) in [5.41, 5.74) is 16.7. The number of benzene rings is 2. The molecule has 0 aromatic heterocycles. The average molecular weight is 1040 g/mol. The van der Waals surface area contributed by atoms with E-state index in [1.165, 1.54) is 63.8 Å². The van der Waals surface area contributed by atoms with Gasteiger partial charge < -0.3 is 35.1 Å². The monoisotopic (exact) mass is 1040 g/mol. The fourth-order valence-corrected chi connectivity index (χ4v) is 5.78. The summed E-state index contributed by atoms with van der Waals surface area (Å²) in [5.74, 6) is 1.05. The predicted molar refractivity (Wildman–Crippen MR) is 295 cm³/mol. The van der Waals surface area contributed by atoms with Crippen molar-refractivity contribution in [3.05, 3.63) is 141 Å². The molecule has 2 rings (SSSR count). The van der Waals surface area contributed by atoms with Crippen molar-refractivity contribution in [2.45, 2.75) is 134 Å². The van der Waals surface area contributed by atoms with Crippen molar-refractivity contribution in [2.24, 2.45) is 5.73 Å². The predicted octanol–water partition coefficient (Wildman–Crippen LogP) is 15.3. The third-order valence-corrected chi connectivity index (χ3v) is 9.72. The van der Waals surface area contributed by atoms with Crippen LogP contribution in [0.15, 0.2) is 130 Å². The number of nitrogens with two attached hydrogens (primary N) is 1. The van der Waals surface area contributed by atoms with Crippen molar-refractivity contribution < 1.29 is 35.0 Å². The SMILES string of the molecule is CC(C)=CCC/C(C)=C/CN.COc1ccc(C(=O)NC/C=C(\C)CCC=C(C)C)cc1OC/C=C(\C)CCC=C(C)C.COc1ccc(C(=O)O)cc1OC/C=C(\C)CCC=C(C)C.[2H]CI. The number of halogens is 1. The maximum Gasteiger partial charge on any atom is 0.335 e. The third-order valence-electron chi connectivity index (χ3n) is 9.72. The molecule has 10 heteroatoms. The molecular formula is C57H87IN2O7. The van der Waals surface area contributed by atoms with E-state index >= 15 is 0 Å². The van der Waals surface area contributed by atoms with Gasteiger partial charge in [-0.2, -0.15) is 0 Å². The second-order valence-electron chi connectivity index (χ2n) is 17.1. The van der Waals surface area contributed by atoms with Crippen LogP contribution in [0.1, 0.15) is 157 Å². The molecule has 0 saturated carbocycles. The van der Waals surface area contributed by atoms with E-state index in [1.54, 1.807) is 31.4 Å². The van der Waals surface area contributed by atoms with Gasteiger partial charge in [-0.3, -0.25) is 4.79 Å². The molecule has 2 aromatic rings. The van der Waals surface area contributed by atoms with Gasteiger partial charge in [0, 0.05) is 20.0 Å². The van der Waals surface area contributed by atoms with Crippen molar-refractivity contribution >= 4 is 34.5 Å². The van der Waals surface area contributed by atoms with Crippen LogP contribution in [0.4, 0.5) is 0 Å². The van der Waals surface area contributed by atoms with Crippen LogP contribution < -0.4 is 30.0 Å². The number of carbonyl (C=O) groups excluding carboxylic acids is 1. The first-order chi connectivity index (χ1) is 32.2. The van der Waals surface area contributed by atoms with Gasteiger partial charge >= 0.3 is 5.97 Å². The standard InChI is InChI=1S/C28H41NO3.C18H24O4.C10H19N.CH3I/c1-21(2)10-8-12-23(5)16-18-29-28(30)25-14-15-26(31-7)27(20-25)32-19-17-24(6)13-9-11-22(3)4;1-13(2)6-5-7-14(3)10-11-22-17-12-15(18(19)20)8-9-16(17)21-4;1-9(2)5-4-6-10(3)7-8-11;1-2/h10-11,14-17,20H,8-9,12-13,18-19H2,1-7H3,(H,29,30);6,8-10,12H,5,7,11H2,1-4H3,(H,19,20);5,7H,4,6,8,11H2,1-3H3;1H3/b23-16+,24-17+;14-10+;10-7+;/i;;;1D. The largest absolute Gasteiger partial charge is 0.493 e. The Morgan fingerprint density at radius 2 is 0.910 bits per heavy atom. The number of hydrogen-bond donors (Lipinski definition) is 3. The Kier molecular flexibility index (Phi) is 37.4. The van der Waals surface area contributed by atoms with Gasteiger partial charge in [-0.15, -0.1) is 0 Å². The van der Waals surface area contributed by atoms with Gasteiger partial charge in [-0.05, 0) is 188 Å². The number of rotatable bonds is 25. The molecule has 0 bridgehead atoms. The highest BCUT2D eigenvalue weighted by Crippen LogP contribution is 2.29. The first-order valence-corrected chi connectivity index (χ1v) is 24.6. The number of aromatic carboxylic acids is 1.